The highest BCUT2D eigenvalue weighted by atomic mass is 14.5. The van der Waals surface area contributed by atoms with Gasteiger partial charge in [-0.3, -0.25) is 0 Å². The topological polar surface area (TPSA) is 0 Å². The average molecular weight is 210 g/mol. The van der Waals surface area contributed by atoms with Crippen molar-refractivity contribution in [2.45, 2.75) is 66.7 Å². The van der Waals surface area contributed by atoms with Gasteiger partial charge in [-0.05, 0) is 29.6 Å². The Hall–Kier alpha value is 0. The summed E-state index contributed by atoms with van der Waals surface area (Å²) in [5, 5.41) is 0. The van der Waals surface area contributed by atoms with E-state index in [9.17, 15) is 0 Å². The third kappa shape index (κ3) is 2.40. The summed E-state index contributed by atoms with van der Waals surface area (Å²) in [6.07, 6.45) is 7.04. The third-order valence-electron chi connectivity index (χ3n) is 5.01. The maximum atomic E-state index is 2.50. The van der Waals surface area contributed by atoms with Crippen LogP contribution in [0.3, 0.4) is 0 Å². The molecule has 1 rings (SSSR count). The number of hydrogen-bond donors (Lipinski definition) is 0. The Morgan fingerprint density at radius 1 is 0.933 bits per heavy atom. The lowest BCUT2D eigenvalue weighted by atomic mass is 9.51. The first-order valence-corrected chi connectivity index (χ1v) is 7.21. The molecular weight excluding hydrogens is 180 g/mol. The van der Waals surface area contributed by atoms with Crippen LogP contribution in [-0.4, -0.2) is 0 Å². The normalized spacial score (nSPS) is 35.6. The van der Waals surface area contributed by atoms with Gasteiger partial charge in [0, 0.05) is 0 Å². The minimum Gasteiger partial charge on any atom is -0.0654 e. The summed E-state index contributed by atoms with van der Waals surface area (Å²) in [5.41, 5.74) is 0. The molecule has 0 amide bonds. The molecule has 15 heavy (non-hydrogen) atoms. The van der Waals surface area contributed by atoms with Crippen molar-refractivity contribution < 1.29 is 0 Å². The maximum absolute atomic E-state index is 2.50. The van der Waals surface area contributed by atoms with Crippen LogP contribution in [0.4, 0.5) is 0 Å². The standard InChI is InChI=1S/C15H30/c1-6-10-14-13(9-4)11(5)15(14)12(7-2)8-3/h11-15H,6-10H2,1-5H3. The van der Waals surface area contributed by atoms with Gasteiger partial charge in [0.25, 0.3) is 0 Å². The van der Waals surface area contributed by atoms with Crippen LogP contribution in [0.1, 0.15) is 66.7 Å². The second-order valence-electron chi connectivity index (χ2n) is 5.54. The number of rotatable bonds is 6. The van der Waals surface area contributed by atoms with E-state index in [0.717, 1.165) is 29.6 Å². The predicted molar refractivity (Wildman–Crippen MR) is 68.9 cm³/mol. The van der Waals surface area contributed by atoms with E-state index in [4.69, 9.17) is 0 Å². The van der Waals surface area contributed by atoms with Gasteiger partial charge in [0.1, 0.15) is 0 Å². The van der Waals surface area contributed by atoms with Crippen LogP contribution in [0.5, 0.6) is 0 Å². The zero-order valence-corrected chi connectivity index (χ0v) is 11.4. The van der Waals surface area contributed by atoms with Gasteiger partial charge in [0.05, 0.1) is 0 Å². The van der Waals surface area contributed by atoms with Crippen molar-refractivity contribution in [1.29, 1.82) is 0 Å². The molecular formula is C15H30. The second kappa shape index (κ2) is 5.92. The van der Waals surface area contributed by atoms with Crippen LogP contribution in [-0.2, 0) is 0 Å². The Labute approximate surface area is 96.8 Å². The lowest BCUT2D eigenvalue weighted by Crippen LogP contribution is -2.48. The fraction of sp³-hybridized carbons (Fsp3) is 1.00. The van der Waals surface area contributed by atoms with Crippen molar-refractivity contribution in [3.8, 4) is 0 Å². The molecule has 1 aliphatic rings. The van der Waals surface area contributed by atoms with Crippen molar-refractivity contribution in [3.05, 3.63) is 0 Å². The molecule has 0 N–H and O–H groups in total. The highest BCUT2D eigenvalue weighted by molar-refractivity contribution is 4.96. The maximum Gasteiger partial charge on any atom is -0.0326 e. The molecule has 0 bridgehead atoms. The van der Waals surface area contributed by atoms with Crippen LogP contribution in [0.2, 0.25) is 0 Å². The summed E-state index contributed by atoms with van der Waals surface area (Å²) >= 11 is 0. The lowest BCUT2D eigenvalue weighted by molar-refractivity contribution is -0.0591. The van der Waals surface area contributed by atoms with Crippen molar-refractivity contribution in [2.24, 2.45) is 29.6 Å². The molecule has 90 valence electrons. The first-order valence-electron chi connectivity index (χ1n) is 7.21. The van der Waals surface area contributed by atoms with Gasteiger partial charge < -0.3 is 0 Å². The summed E-state index contributed by atoms with van der Waals surface area (Å²) in [5.74, 6) is 5.14. The minimum absolute atomic E-state index is 0.997. The Bertz CT molecular complexity index is 169. The fourth-order valence-corrected chi connectivity index (χ4v) is 4.23. The van der Waals surface area contributed by atoms with Gasteiger partial charge in [-0.1, -0.05) is 66.7 Å². The highest BCUT2D eigenvalue weighted by Crippen LogP contribution is 2.54. The molecule has 0 saturated heterocycles. The molecule has 1 saturated carbocycles. The van der Waals surface area contributed by atoms with E-state index in [0.29, 0.717) is 0 Å². The monoisotopic (exact) mass is 210 g/mol. The van der Waals surface area contributed by atoms with Crippen molar-refractivity contribution in [2.75, 3.05) is 0 Å². The smallest absolute Gasteiger partial charge is 0.0326 e. The summed E-state index contributed by atoms with van der Waals surface area (Å²) in [6, 6.07) is 0. The largest absolute Gasteiger partial charge is 0.0654 e. The van der Waals surface area contributed by atoms with Crippen LogP contribution in [0.15, 0.2) is 0 Å². The van der Waals surface area contributed by atoms with Crippen LogP contribution < -0.4 is 0 Å². The van der Waals surface area contributed by atoms with Gasteiger partial charge in [-0.15, -0.1) is 0 Å². The van der Waals surface area contributed by atoms with Crippen molar-refractivity contribution in [1.82, 2.24) is 0 Å². The predicted octanol–water partition coefficient (Wildman–Crippen LogP) is 5.13. The molecule has 0 spiro atoms. The van der Waals surface area contributed by atoms with E-state index in [1.165, 1.54) is 32.1 Å². The molecule has 4 atom stereocenters. The molecule has 0 nitrogen and oxygen atoms in total. The fourth-order valence-electron chi connectivity index (χ4n) is 4.23. The van der Waals surface area contributed by atoms with Gasteiger partial charge in [0.2, 0.25) is 0 Å². The van der Waals surface area contributed by atoms with Crippen molar-refractivity contribution in [3.63, 3.8) is 0 Å². The molecule has 0 aromatic carbocycles. The molecule has 4 unspecified atom stereocenters. The Kier molecular flexibility index (Phi) is 5.15. The summed E-state index contributed by atoms with van der Waals surface area (Å²) < 4.78 is 0. The second-order valence-corrected chi connectivity index (χ2v) is 5.54. The summed E-state index contributed by atoms with van der Waals surface area (Å²) in [4.78, 5) is 0. The Morgan fingerprint density at radius 3 is 1.93 bits per heavy atom. The van der Waals surface area contributed by atoms with Gasteiger partial charge in [-0.25, -0.2) is 0 Å². The summed E-state index contributed by atoms with van der Waals surface area (Å²) in [6.45, 7) is 12.0. The quantitative estimate of drug-likeness (QED) is 0.570. The molecule has 1 aliphatic carbocycles. The van der Waals surface area contributed by atoms with E-state index in [1.807, 2.05) is 0 Å². The first kappa shape index (κ1) is 13.1. The zero-order chi connectivity index (χ0) is 11.4. The molecule has 0 heterocycles. The van der Waals surface area contributed by atoms with Crippen molar-refractivity contribution >= 4 is 0 Å². The molecule has 0 radical (unpaired) electrons. The molecule has 0 heteroatoms. The van der Waals surface area contributed by atoms with Crippen LogP contribution >= 0.6 is 0 Å². The SMILES string of the molecule is CCCC1C(CC)C(C)C1C(CC)CC. The van der Waals surface area contributed by atoms with E-state index in [1.54, 1.807) is 0 Å². The molecule has 0 aromatic rings. The average Bonchev–Trinajstić information content (AvgIpc) is 2.25. The zero-order valence-electron chi connectivity index (χ0n) is 11.4. The minimum atomic E-state index is 0.997. The third-order valence-corrected chi connectivity index (χ3v) is 5.01. The molecule has 0 aromatic heterocycles. The molecule has 1 fully saturated rings. The number of hydrogen-bond acceptors (Lipinski definition) is 0. The highest BCUT2D eigenvalue weighted by Gasteiger charge is 2.47. The van der Waals surface area contributed by atoms with Gasteiger partial charge >= 0.3 is 0 Å². The Balaban J connectivity index is 2.62. The Morgan fingerprint density at radius 2 is 1.53 bits per heavy atom. The van der Waals surface area contributed by atoms with Gasteiger partial charge in [-0.2, -0.15) is 0 Å². The van der Waals surface area contributed by atoms with Crippen LogP contribution in [0.25, 0.3) is 0 Å². The van der Waals surface area contributed by atoms with E-state index >= 15 is 0 Å². The van der Waals surface area contributed by atoms with E-state index in [-0.39, 0.29) is 0 Å². The lowest BCUT2D eigenvalue weighted by Gasteiger charge is -2.54. The van der Waals surface area contributed by atoms with Crippen LogP contribution in [0, 0.1) is 29.6 Å². The molecule has 0 aliphatic heterocycles. The summed E-state index contributed by atoms with van der Waals surface area (Å²) in [7, 11) is 0. The van der Waals surface area contributed by atoms with Gasteiger partial charge in [0.15, 0.2) is 0 Å². The van der Waals surface area contributed by atoms with E-state index < -0.39 is 0 Å². The van der Waals surface area contributed by atoms with E-state index in [2.05, 4.69) is 34.6 Å². The first-order chi connectivity index (χ1) is 7.21.